The van der Waals surface area contributed by atoms with E-state index in [-0.39, 0.29) is 18.3 Å². The summed E-state index contributed by atoms with van der Waals surface area (Å²) in [6.07, 6.45) is -1.98. The summed E-state index contributed by atoms with van der Waals surface area (Å²) in [4.78, 5) is 27.1. The molecule has 2 aliphatic heterocycles. The minimum absolute atomic E-state index is 0.117. The third kappa shape index (κ3) is 3.41. The Hall–Kier alpha value is -2.35. The fourth-order valence-electron chi connectivity index (χ4n) is 4.15. The Bertz CT molecular complexity index is 799. The molecule has 7 nitrogen and oxygen atoms in total. The van der Waals surface area contributed by atoms with Crippen LogP contribution in [-0.4, -0.2) is 55.6 Å². The zero-order valence-electron chi connectivity index (χ0n) is 16.6. The van der Waals surface area contributed by atoms with Crippen molar-refractivity contribution in [2.24, 2.45) is 11.8 Å². The Morgan fingerprint density at radius 3 is 2.61 bits per heavy atom. The first-order valence-electron chi connectivity index (χ1n) is 9.60. The lowest BCUT2D eigenvalue weighted by Gasteiger charge is -2.27. The molecular formula is C20H26FN3O4. The van der Waals surface area contributed by atoms with Crippen LogP contribution in [-0.2, 0) is 9.47 Å². The van der Waals surface area contributed by atoms with Gasteiger partial charge in [0.1, 0.15) is 11.4 Å². The van der Waals surface area contributed by atoms with Crippen molar-refractivity contribution in [3.8, 4) is 0 Å². The third-order valence-electron chi connectivity index (χ3n) is 5.66. The molecule has 4 atom stereocenters. The maximum Gasteiger partial charge on any atom is 0.416 e. The van der Waals surface area contributed by atoms with Crippen LogP contribution in [0.15, 0.2) is 18.2 Å². The Labute approximate surface area is 163 Å². The van der Waals surface area contributed by atoms with Crippen LogP contribution in [0.25, 0.3) is 0 Å². The molecule has 0 aromatic heterocycles. The normalized spacial score (nSPS) is 28.8. The summed E-state index contributed by atoms with van der Waals surface area (Å²) in [7, 11) is 1.51. The van der Waals surface area contributed by atoms with E-state index < -0.39 is 24.0 Å². The van der Waals surface area contributed by atoms with Gasteiger partial charge in [-0.15, -0.1) is 0 Å². The van der Waals surface area contributed by atoms with Gasteiger partial charge in [0.15, 0.2) is 6.23 Å². The molecule has 0 bridgehead atoms. The minimum Gasteiger partial charge on any atom is -0.444 e. The highest BCUT2D eigenvalue weighted by molar-refractivity contribution is 5.90. The van der Waals surface area contributed by atoms with Gasteiger partial charge in [0.25, 0.3) is 0 Å². The van der Waals surface area contributed by atoms with Crippen molar-refractivity contribution in [3.63, 3.8) is 0 Å². The molecule has 1 N–H and O–H groups in total. The number of nitrogens with one attached hydrogen (secondary N) is 1. The predicted octanol–water partition coefficient (Wildman–Crippen LogP) is 2.91. The molecule has 28 heavy (non-hydrogen) atoms. The number of rotatable bonds is 3. The van der Waals surface area contributed by atoms with Gasteiger partial charge < -0.3 is 14.8 Å². The zero-order chi connectivity index (χ0) is 20.2. The molecule has 2 saturated heterocycles. The van der Waals surface area contributed by atoms with Gasteiger partial charge in [-0.2, -0.15) is 0 Å². The number of amides is 2. The second-order valence-electron chi connectivity index (χ2n) is 8.76. The van der Waals surface area contributed by atoms with Gasteiger partial charge in [-0.3, -0.25) is 9.80 Å². The number of ether oxygens (including phenoxy) is 2. The molecule has 2 amide bonds. The van der Waals surface area contributed by atoms with Gasteiger partial charge in [0, 0.05) is 7.05 Å². The summed E-state index contributed by atoms with van der Waals surface area (Å²) in [5, 5.41) is 3.31. The molecule has 1 saturated carbocycles. The SMILES string of the molecule is CN(C(=O)OC(C)(C)C)[C@@H]1CN(c2ccc(C3[C@H]4CNC[C@@H]34)c(F)c2)C(=O)O1. The second-order valence-corrected chi connectivity index (χ2v) is 8.76. The first kappa shape index (κ1) is 19.0. The number of fused-ring (bicyclic) bond motifs is 1. The summed E-state index contributed by atoms with van der Waals surface area (Å²) in [6.45, 7) is 7.29. The Balaban J connectivity index is 1.44. The van der Waals surface area contributed by atoms with E-state index >= 15 is 0 Å². The monoisotopic (exact) mass is 391 g/mol. The lowest BCUT2D eigenvalue weighted by Crippen LogP contribution is -2.42. The highest BCUT2D eigenvalue weighted by atomic mass is 19.1. The van der Waals surface area contributed by atoms with E-state index in [2.05, 4.69) is 5.32 Å². The number of carbonyl (C=O) groups excluding carboxylic acids is 2. The molecule has 4 rings (SSSR count). The molecule has 0 radical (unpaired) electrons. The van der Waals surface area contributed by atoms with Crippen LogP contribution in [0.2, 0.25) is 0 Å². The van der Waals surface area contributed by atoms with Gasteiger partial charge >= 0.3 is 12.2 Å². The number of halogens is 1. The lowest BCUT2D eigenvalue weighted by atomic mass is 10.1. The van der Waals surface area contributed by atoms with Crippen molar-refractivity contribution >= 4 is 17.9 Å². The van der Waals surface area contributed by atoms with Crippen molar-refractivity contribution in [2.45, 2.75) is 38.5 Å². The number of carbonyl (C=O) groups is 2. The van der Waals surface area contributed by atoms with E-state index in [1.165, 1.54) is 22.9 Å². The van der Waals surface area contributed by atoms with Gasteiger partial charge in [0.05, 0.1) is 12.2 Å². The molecule has 1 aliphatic carbocycles. The molecule has 1 aromatic carbocycles. The Kier molecular flexibility index (Phi) is 4.49. The first-order chi connectivity index (χ1) is 13.2. The number of nitrogens with zero attached hydrogens (tertiary/aromatic N) is 2. The molecule has 1 aromatic rings. The summed E-state index contributed by atoms with van der Waals surface area (Å²) < 4.78 is 25.3. The number of hydrogen-bond acceptors (Lipinski definition) is 5. The van der Waals surface area contributed by atoms with Gasteiger partial charge in [-0.1, -0.05) is 6.07 Å². The van der Waals surface area contributed by atoms with Crippen LogP contribution in [0.1, 0.15) is 32.3 Å². The standard InChI is InChI=1S/C20H26FN3O4/c1-20(2,3)28-18(25)23(4)16-10-24(19(26)27-16)11-5-6-12(15(21)7-11)17-13-8-22-9-14(13)17/h5-7,13-14,16-17,22H,8-10H2,1-4H3/t13-,14+,16-,17?/m0/s1. The first-order valence-corrected chi connectivity index (χ1v) is 9.60. The molecule has 152 valence electrons. The van der Waals surface area contributed by atoms with Crippen LogP contribution in [0.4, 0.5) is 19.7 Å². The highest BCUT2D eigenvalue weighted by Gasteiger charge is 2.54. The number of benzene rings is 1. The number of hydrogen-bond donors (Lipinski definition) is 1. The van der Waals surface area contributed by atoms with Gasteiger partial charge in [0.2, 0.25) is 0 Å². The van der Waals surface area contributed by atoms with Crippen LogP contribution in [0.5, 0.6) is 0 Å². The highest BCUT2D eigenvalue weighted by Crippen LogP contribution is 2.56. The lowest BCUT2D eigenvalue weighted by molar-refractivity contribution is -0.00992. The van der Waals surface area contributed by atoms with Crippen molar-refractivity contribution in [1.82, 2.24) is 10.2 Å². The summed E-state index contributed by atoms with van der Waals surface area (Å²) >= 11 is 0. The Morgan fingerprint density at radius 2 is 2.00 bits per heavy atom. The van der Waals surface area contributed by atoms with Crippen LogP contribution >= 0.6 is 0 Å². The molecule has 3 fully saturated rings. The molecular weight excluding hydrogens is 365 g/mol. The number of anilines is 1. The van der Waals surface area contributed by atoms with Crippen LogP contribution in [0.3, 0.4) is 0 Å². The average Bonchev–Trinajstić information content (AvgIpc) is 2.95. The fraction of sp³-hybridized carbons (Fsp3) is 0.600. The van der Waals surface area contributed by atoms with Gasteiger partial charge in [-0.05, 0) is 69.3 Å². The topological polar surface area (TPSA) is 71.1 Å². The number of cyclic esters (lactones) is 1. The van der Waals surface area contributed by atoms with Crippen molar-refractivity contribution in [1.29, 1.82) is 0 Å². The molecule has 8 heteroatoms. The predicted molar refractivity (Wildman–Crippen MR) is 101 cm³/mol. The number of likely N-dealkylation sites (N-methyl/N-ethyl adjacent to an activating group) is 1. The van der Waals surface area contributed by atoms with E-state index in [9.17, 15) is 14.0 Å². The minimum atomic E-state index is -0.793. The quantitative estimate of drug-likeness (QED) is 0.858. The van der Waals surface area contributed by atoms with Crippen molar-refractivity contribution < 1.29 is 23.5 Å². The van der Waals surface area contributed by atoms with E-state index in [0.717, 1.165) is 18.7 Å². The maximum atomic E-state index is 14.7. The van der Waals surface area contributed by atoms with Crippen molar-refractivity contribution in [3.05, 3.63) is 29.6 Å². The summed E-state index contributed by atoms with van der Waals surface area (Å²) in [5.41, 5.74) is 0.494. The third-order valence-corrected chi connectivity index (χ3v) is 5.66. The zero-order valence-corrected chi connectivity index (χ0v) is 16.6. The molecule has 2 heterocycles. The maximum absolute atomic E-state index is 14.7. The van der Waals surface area contributed by atoms with Crippen LogP contribution < -0.4 is 10.2 Å². The van der Waals surface area contributed by atoms with E-state index in [0.29, 0.717) is 17.5 Å². The molecule has 3 aliphatic rings. The van der Waals surface area contributed by atoms with Gasteiger partial charge in [-0.25, -0.2) is 14.0 Å². The van der Waals surface area contributed by atoms with E-state index in [4.69, 9.17) is 9.47 Å². The number of piperidine rings is 1. The fourth-order valence-corrected chi connectivity index (χ4v) is 4.15. The molecule has 1 unspecified atom stereocenters. The molecule has 0 spiro atoms. The van der Waals surface area contributed by atoms with Crippen LogP contribution in [0, 0.1) is 17.7 Å². The Morgan fingerprint density at radius 1 is 1.32 bits per heavy atom. The largest absolute Gasteiger partial charge is 0.444 e. The smallest absolute Gasteiger partial charge is 0.416 e. The average molecular weight is 391 g/mol. The summed E-state index contributed by atoms with van der Waals surface area (Å²) in [6, 6.07) is 4.90. The summed E-state index contributed by atoms with van der Waals surface area (Å²) in [5.74, 6) is 1.01. The van der Waals surface area contributed by atoms with E-state index in [1.807, 2.05) is 0 Å². The van der Waals surface area contributed by atoms with E-state index in [1.54, 1.807) is 32.9 Å². The second kappa shape index (κ2) is 6.62. The van der Waals surface area contributed by atoms with Crippen molar-refractivity contribution in [2.75, 3.05) is 31.6 Å².